The Morgan fingerprint density at radius 3 is 3.00 bits per heavy atom. The first-order chi connectivity index (χ1) is 8.15. The van der Waals surface area contributed by atoms with Gasteiger partial charge >= 0.3 is 5.97 Å². The van der Waals surface area contributed by atoms with E-state index in [1.807, 2.05) is 0 Å². The topological polar surface area (TPSA) is 52.1 Å². The van der Waals surface area contributed by atoms with Crippen LogP contribution in [-0.2, 0) is 4.74 Å². The molecule has 88 valence electrons. The summed E-state index contributed by atoms with van der Waals surface area (Å²) in [5.74, 6) is -0.419. The molecule has 0 aromatic carbocycles. The van der Waals surface area contributed by atoms with E-state index in [-0.39, 0.29) is 0 Å². The summed E-state index contributed by atoms with van der Waals surface area (Å²) in [5, 5.41) is 1.00. The van der Waals surface area contributed by atoms with E-state index >= 15 is 0 Å². The number of carbonyl (C=O) groups is 1. The lowest BCUT2D eigenvalue weighted by atomic mass is 10.1. The Hall–Kier alpha value is -1.68. The quantitative estimate of drug-likeness (QED) is 0.608. The second-order valence-electron chi connectivity index (χ2n) is 3.48. The van der Waals surface area contributed by atoms with Crippen molar-refractivity contribution < 1.29 is 9.53 Å². The Morgan fingerprint density at radius 1 is 1.53 bits per heavy atom. The lowest BCUT2D eigenvalue weighted by Crippen LogP contribution is -2.09. The molecule has 2 rings (SSSR count). The van der Waals surface area contributed by atoms with Crippen molar-refractivity contribution in [1.82, 2.24) is 9.97 Å². The summed E-state index contributed by atoms with van der Waals surface area (Å²) in [7, 11) is 0. The fraction of sp³-hybridized carbons (Fsp3) is 0.250. The number of fused-ring (bicyclic) bond motifs is 1. The minimum absolute atomic E-state index is 0.315. The summed E-state index contributed by atoms with van der Waals surface area (Å²) >= 11 is 6.01. The Kier molecular flexibility index (Phi) is 3.24. The maximum Gasteiger partial charge on any atom is 0.342 e. The molecule has 0 aliphatic heterocycles. The monoisotopic (exact) mass is 250 g/mol. The van der Waals surface area contributed by atoms with Gasteiger partial charge < -0.3 is 4.74 Å². The zero-order valence-electron chi connectivity index (χ0n) is 9.53. The largest absolute Gasteiger partial charge is 0.462 e. The van der Waals surface area contributed by atoms with E-state index in [1.165, 1.54) is 0 Å². The van der Waals surface area contributed by atoms with Crippen molar-refractivity contribution >= 4 is 28.5 Å². The molecule has 2 heterocycles. The Bertz CT molecular complexity index is 584. The van der Waals surface area contributed by atoms with Crippen LogP contribution in [0.15, 0.2) is 18.3 Å². The predicted molar refractivity (Wildman–Crippen MR) is 65.2 cm³/mol. The third-order valence-electron chi connectivity index (χ3n) is 2.37. The van der Waals surface area contributed by atoms with Gasteiger partial charge in [-0.2, -0.15) is 0 Å². The number of esters is 1. The number of rotatable bonds is 2. The van der Waals surface area contributed by atoms with E-state index < -0.39 is 5.97 Å². The zero-order chi connectivity index (χ0) is 12.4. The highest BCUT2D eigenvalue weighted by atomic mass is 35.5. The highest BCUT2D eigenvalue weighted by Gasteiger charge is 2.18. The van der Waals surface area contributed by atoms with Gasteiger partial charge in [0.2, 0.25) is 0 Å². The van der Waals surface area contributed by atoms with Crippen LogP contribution in [0.2, 0.25) is 5.15 Å². The van der Waals surface area contributed by atoms with Crippen LogP contribution in [0.1, 0.15) is 23.0 Å². The molecule has 5 heteroatoms. The van der Waals surface area contributed by atoms with Crippen LogP contribution in [0, 0.1) is 6.92 Å². The van der Waals surface area contributed by atoms with E-state index in [2.05, 4.69) is 9.97 Å². The van der Waals surface area contributed by atoms with Gasteiger partial charge in [0.25, 0.3) is 0 Å². The number of halogens is 1. The van der Waals surface area contributed by atoms with Crippen molar-refractivity contribution in [3.8, 4) is 0 Å². The third kappa shape index (κ3) is 2.08. The SMILES string of the molecule is CCOC(=O)c1c(C)nc(Cl)c2cccnc12. The Labute approximate surface area is 104 Å². The predicted octanol–water partition coefficient (Wildman–Crippen LogP) is 2.77. The number of hydrogen-bond acceptors (Lipinski definition) is 4. The lowest BCUT2D eigenvalue weighted by Gasteiger charge is -2.08. The van der Waals surface area contributed by atoms with Gasteiger partial charge in [0.15, 0.2) is 0 Å². The molecule has 0 saturated heterocycles. The van der Waals surface area contributed by atoms with E-state index in [9.17, 15) is 4.79 Å². The maximum absolute atomic E-state index is 11.8. The molecule has 2 aromatic rings. The zero-order valence-corrected chi connectivity index (χ0v) is 10.3. The van der Waals surface area contributed by atoms with Crippen LogP contribution in [0.5, 0.6) is 0 Å². The number of aromatic nitrogens is 2. The summed E-state index contributed by atoms with van der Waals surface area (Å²) in [5.41, 5.74) is 1.44. The van der Waals surface area contributed by atoms with Gasteiger partial charge in [-0.25, -0.2) is 9.78 Å². The van der Waals surface area contributed by atoms with E-state index in [4.69, 9.17) is 16.3 Å². The number of aryl methyl sites for hydroxylation is 1. The van der Waals surface area contributed by atoms with Crippen LogP contribution in [0.4, 0.5) is 0 Å². The Balaban J connectivity index is 2.73. The van der Waals surface area contributed by atoms with Crippen LogP contribution in [0.3, 0.4) is 0 Å². The molecule has 0 aliphatic rings. The summed E-state index contributed by atoms with van der Waals surface area (Å²) in [4.78, 5) is 20.2. The fourth-order valence-corrected chi connectivity index (χ4v) is 1.93. The van der Waals surface area contributed by atoms with E-state index in [1.54, 1.807) is 32.2 Å². The van der Waals surface area contributed by atoms with Gasteiger partial charge in [0.1, 0.15) is 10.7 Å². The molecular weight excluding hydrogens is 240 g/mol. The maximum atomic E-state index is 11.8. The van der Waals surface area contributed by atoms with Gasteiger partial charge in [-0.05, 0) is 26.0 Å². The minimum Gasteiger partial charge on any atom is -0.462 e. The van der Waals surface area contributed by atoms with Crippen LogP contribution >= 0.6 is 11.6 Å². The second kappa shape index (κ2) is 4.67. The second-order valence-corrected chi connectivity index (χ2v) is 3.84. The summed E-state index contributed by atoms with van der Waals surface area (Å²) in [6.45, 7) is 3.79. The van der Waals surface area contributed by atoms with Crippen molar-refractivity contribution in [1.29, 1.82) is 0 Å². The molecule has 4 nitrogen and oxygen atoms in total. The summed E-state index contributed by atoms with van der Waals surface area (Å²) < 4.78 is 4.99. The standard InChI is InChI=1S/C12H11ClN2O2/c1-3-17-12(16)9-7(2)15-11(13)8-5-4-6-14-10(8)9/h4-6H,3H2,1-2H3. The first-order valence-corrected chi connectivity index (χ1v) is 5.61. The fourth-order valence-electron chi connectivity index (χ4n) is 1.65. The van der Waals surface area contributed by atoms with Gasteiger partial charge in [-0.1, -0.05) is 11.6 Å². The van der Waals surface area contributed by atoms with Crippen LogP contribution in [-0.4, -0.2) is 22.5 Å². The van der Waals surface area contributed by atoms with E-state index in [0.29, 0.717) is 33.9 Å². The molecule has 0 spiro atoms. The number of carbonyl (C=O) groups excluding carboxylic acids is 1. The van der Waals surface area contributed by atoms with Crippen molar-refractivity contribution in [2.75, 3.05) is 6.61 Å². The normalized spacial score (nSPS) is 10.5. The third-order valence-corrected chi connectivity index (χ3v) is 2.66. The molecule has 0 saturated carbocycles. The molecule has 0 atom stereocenters. The molecule has 0 radical (unpaired) electrons. The van der Waals surface area contributed by atoms with Crippen LogP contribution in [0.25, 0.3) is 10.9 Å². The molecule has 0 aliphatic carbocycles. The average Bonchev–Trinajstić information content (AvgIpc) is 2.29. The lowest BCUT2D eigenvalue weighted by molar-refractivity contribution is 0.0527. The van der Waals surface area contributed by atoms with Gasteiger partial charge in [-0.15, -0.1) is 0 Å². The molecule has 0 N–H and O–H groups in total. The molecule has 0 bridgehead atoms. The van der Waals surface area contributed by atoms with Crippen molar-refractivity contribution in [3.05, 3.63) is 34.7 Å². The van der Waals surface area contributed by atoms with E-state index in [0.717, 1.165) is 0 Å². The molecule has 2 aromatic heterocycles. The molecule has 17 heavy (non-hydrogen) atoms. The van der Waals surface area contributed by atoms with Crippen molar-refractivity contribution in [2.24, 2.45) is 0 Å². The highest BCUT2D eigenvalue weighted by Crippen LogP contribution is 2.25. The molecule has 0 fully saturated rings. The van der Waals surface area contributed by atoms with Crippen LogP contribution < -0.4 is 0 Å². The smallest absolute Gasteiger partial charge is 0.342 e. The average molecular weight is 251 g/mol. The first-order valence-electron chi connectivity index (χ1n) is 5.23. The van der Waals surface area contributed by atoms with Gasteiger partial charge in [0.05, 0.1) is 17.8 Å². The van der Waals surface area contributed by atoms with Gasteiger partial charge in [-0.3, -0.25) is 4.98 Å². The number of hydrogen-bond donors (Lipinski definition) is 0. The number of ether oxygens (including phenoxy) is 1. The Morgan fingerprint density at radius 2 is 2.29 bits per heavy atom. The first kappa shape index (κ1) is 11.8. The molecular formula is C12H11ClN2O2. The molecule has 0 unspecified atom stereocenters. The molecule has 0 amide bonds. The number of pyridine rings is 2. The summed E-state index contributed by atoms with van der Waals surface area (Å²) in [6, 6.07) is 3.53. The summed E-state index contributed by atoms with van der Waals surface area (Å²) in [6.07, 6.45) is 1.61. The van der Waals surface area contributed by atoms with Gasteiger partial charge in [0, 0.05) is 11.6 Å². The van der Waals surface area contributed by atoms with Crippen molar-refractivity contribution in [2.45, 2.75) is 13.8 Å². The number of nitrogens with zero attached hydrogens (tertiary/aromatic N) is 2. The van der Waals surface area contributed by atoms with Crippen molar-refractivity contribution in [3.63, 3.8) is 0 Å². The minimum atomic E-state index is -0.419. The highest BCUT2D eigenvalue weighted by molar-refractivity contribution is 6.34.